The molecule has 1 amide bonds. The van der Waals surface area contributed by atoms with Gasteiger partial charge in [0.05, 0.1) is 25.4 Å². The summed E-state index contributed by atoms with van der Waals surface area (Å²) < 4.78 is 10.9. The van der Waals surface area contributed by atoms with E-state index in [9.17, 15) is 9.59 Å². The Morgan fingerprint density at radius 1 is 1.14 bits per heavy atom. The number of hydrogen-bond donors (Lipinski definition) is 1. The van der Waals surface area contributed by atoms with Crippen LogP contribution in [0.4, 0.5) is 5.69 Å². The van der Waals surface area contributed by atoms with Crippen LogP contribution >= 0.6 is 0 Å². The summed E-state index contributed by atoms with van der Waals surface area (Å²) in [4.78, 5) is 26.3. The number of carbonyl (C=O) groups is 2. The van der Waals surface area contributed by atoms with Gasteiger partial charge in [0.2, 0.25) is 5.91 Å². The summed E-state index contributed by atoms with van der Waals surface area (Å²) >= 11 is 0. The lowest BCUT2D eigenvalue weighted by molar-refractivity contribution is -0.120. The van der Waals surface area contributed by atoms with Gasteiger partial charge in [-0.05, 0) is 57.6 Å². The van der Waals surface area contributed by atoms with Crippen LogP contribution in [0.5, 0.6) is 11.5 Å². The summed E-state index contributed by atoms with van der Waals surface area (Å²) in [5.74, 6) is 1.11. The molecule has 0 aliphatic heterocycles. The zero-order valence-electron chi connectivity index (χ0n) is 17.1. The van der Waals surface area contributed by atoms with Crippen molar-refractivity contribution in [2.45, 2.75) is 33.4 Å². The van der Waals surface area contributed by atoms with Crippen molar-refractivity contribution in [1.82, 2.24) is 4.90 Å². The fraction of sp³-hybridized carbons (Fsp3) is 0.364. The van der Waals surface area contributed by atoms with E-state index in [0.717, 1.165) is 5.56 Å². The lowest BCUT2D eigenvalue weighted by Gasteiger charge is -2.24. The number of rotatable bonds is 9. The molecule has 2 aromatic rings. The maximum absolute atomic E-state index is 12.7. The highest BCUT2D eigenvalue weighted by Gasteiger charge is 2.20. The van der Waals surface area contributed by atoms with Crippen molar-refractivity contribution in [1.29, 1.82) is 0 Å². The van der Waals surface area contributed by atoms with Crippen LogP contribution in [0.25, 0.3) is 0 Å². The molecule has 6 nitrogen and oxygen atoms in total. The van der Waals surface area contributed by atoms with E-state index in [1.807, 2.05) is 44.0 Å². The average molecular weight is 384 g/mol. The van der Waals surface area contributed by atoms with E-state index in [2.05, 4.69) is 5.32 Å². The van der Waals surface area contributed by atoms with Crippen molar-refractivity contribution in [2.75, 3.05) is 26.1 Å². The van der Waals surface area contributed by atoms with Crippen molar-refractivity contribution in [2.24, 2.45) is 0 Å². The van der Waals surface area contributed by atoms with Gasteiger partial charge >= 0.3 is 0 Å². The summed E-state index contributed by atoms with van der Waals surface area (Å²) in [5, 5.41) is 2.86. The Morgan fingerprint density at radius 2 is 1.86 bits per heavy atom. The molecule has 0 aromatic heterocycles. The summed E-state index contributed by atoms with van der Waals surface area (Å²) in [6.07, 6.45) is 0. The molecule has 0 fully saturated rings. The van der Waals surface area contributed by atoms with E-state index in [1.54, 1.807) is 31.4 Å². The first-order chi connectivity index (χ1) is 13.4. The Bertz CT molecular complexity index is 835. The smallest absolute Gasteiger partial charge is 0.241 e. The number of nitrogens with one attached hydrogen (secondary N) is 1. The van der Waals surface area contributed by atoms with Crippen molar-refractivity contribution in [3.63, 3.8) is 0 Å². The molecule has 0 aliphatic carbocycles. The highest BCUT2D eigenvalue weighted by molar-refractivity contribution is 6.04. The van der Waals surface area contributed by atoms with Gasteiger partial charge in [0.15, 0.2) is 17.3 Å². The second-order valence-corrected chi connectivity index (χ2v) is 6.60. The third kappa shape index (κ3) is 5.33. The Labute approximate surface area is 166 Å². The summed E-state index contributed by atoms with van der Waals surface area (Å²) in [5.41, 5.74) is 2.04. The number of carbonyl (C=O) groups excluding carboxylic acids is 2. The zero-order valence-corrected chi connectivity index (χ0v) is 17.1. The molecule has 1 N–H and O–H groups in total. The van der Waals surface area contributed by atoms with Crippen molar-refractivity contribution >= 4 is 17.4 Å². The van der Waals surface area contributed by atoms with Crippen LogP contribution in [0.15, 0.2) is 42.5 Å². The lowest BCUT2D eigenvalue weighted by Crippen LogP contribution is -2.39. The van der Waals surface area contributed by atoms with Crippen LogP contribution < -0.4 is 14.8 Å². The molecule has 0 unspecified atom stereocenters. The molecule has 0 aliphatic rings. The van der Waals surface area contributed by atoms with Crippen molar-refractivity contribution < 1.29 is 19.1 Å². The zero-order chi connectivity index (χ0) is 20.7. The van der Waals surface area contributed by atoms with Gasteiger partial charge in [-0.1, -0.05) is 18.2 Å². The number of benzene rings is 2. The molecular weight excluding hydrogens is 356 g/mol. The number of ether oxygens (including phenoxy) is 2. The predicted molar refractivity (Wildman–Crippen MR) is 110 cm³/mol. The fourth-order valence-corrected chi connectivity index (χ4v) is 2.85. The number of amides is 1. The monoisotopic (exact) mass is 384 g/mol. The van der Waals surface area contributed by atoms with Crippen LogP contribution in [0.3, 0.4) is 0 Å². The summed E-state index contributed by atoms with van der Waals surface area (Å²) in [7, 11) is 3.48. The van der Waals surface area contributed by atoms with E-state index >= 15 is 0 Å². The van der Waals surface area contributed by atoms with E-state index in [4.69, 9.17) is 9.47 Å². The number of Topliss-reactive ketones (excluding diaryl/α,β-unsaturated/α-hetero) is 1. The standard InChI is InChI=1S/C22H28N2O4/c1-6-28-20-12-11-17(13-21(20)27-5)14-24(4)15(2)22(26)23-19-10-8-7-9-18(19)16(3)25/h7-13,15H,6,14H2,1-5H3,(H,23,26)/t15-/m1/s1. The van der Waals surface area contributed by atoms with Crippen LogP contribution in [0.2, 0.25) is 0 Å². The highest BCUT2D eigenvalue weighted by Crippen LogP contribution is 2.28. The molecule has 0 saturated carbocycles. The van der Waals surface area contributed by atoms with Crippen LogP contribution in [0, 0.1) is 0 Å². The van der Waals surface area contributed by atoms with Gasteiger partial charge in [0.25, 0.3) is 0 Å². The topological polar surface area (TPSA) is 67.9 Å². The van der Waals surface area contributed by atoms with Gasteiger partial charge in [-0.3, -0.25) is 14.5 Å². The molecule has 150 valence electrons. The van der Waals surface area contributed by atoms with Crippen molar-refractivity contribution in [3.8, 4) is 11.5 Å². The number of hydrogen-bond acceptors (Lipinski definition) is 5. The van der Waals surface area contributed by atoms with Crippen LogP contribution in [0.1, 0.15) is 36.7 Å². The third-order valence-electron chi connectivity index (χ3n) is 4.56. The van der Waals surface area contributed by atoms with E-state index in [-0.39, 0.29) is 11.7 Å². The molecule has 0 bridgehead atoms. The lowest BCUT2D eigenvalue weighted by atomic mass is 10.1. The minimum Gasteiger partial charge on any atom is -0.493 e. The van der Waals surface area contributed by atoms with E-state index < -0.39 is 6.04 Å². The quantitative estimate of drug-likeness (QED) is 0.667. The Balaban J connectivity index is 2.07. The van der Waals surface area contributed by atoms with Gasteiger partial charge < -0.3 is 14.8 Å². The first-order valence-corrected chi connectivity index (χ1v) is 9.28. The largest absolute Gasteiger partial charge is 0.493 e. The van der Waals surface area contributed by atoms with Gasteiger partial charge in [-0.2, -0.15) is 0 Å². The second kappa shape index (κ2) is 9.90. The molecule has 6 heteroatoms. The van der Waals surface area contributed by atoms with Gasteiger partial charge in [0, 0.05) is 12.1 Å². The van der Waals surface area contributed by atoms with Gasteiger partial charge in [0.1, 0.15) is 0 Å². The van der Waals surface area contributed by atoms with Crippen LogP contribution in [-0.2, 0) is 11.3 Å². The normalized spacial score (nSPS) is 11.8. The number of ketones is 1. The van der Waals surface area contributed by atoms with Gasteiger partial charge in [-0.15, -0.1) is 0 Å². The van der Waals surface area contributed by atoms with E-state index in [0.29, 0.717) is 35.9 Å². The maximum Gasteiger partial charge on any atom is 0.241 e. The molecular formula is C22H28N2O4. The molecule has 0 heterocycles. The average Bonchev–Trinajstić information content (AvgIpc) is 2.68. The SMILES string of the molecule is CCOc1ccc(CN(C)[C@H](C)C(=O)Nc2ccccc2C(C)=O)cc1OC. The van der Waals surface area contributed by atoms with Crippen LogP contribution in [-0.4, -0.2) is 43.4 Å². The minimum absolute atomic E-state index is 0.0848. The van der Waals surface area contributed by atoms with Crippen molar-refractivity contribution in [3.05, 3.63) is 53.6 Å². The molecule has 2 aromatic carbocycles. The molecule has 0 radical (unpaired) electrons. The number of anilines is 1. The maximum atomic E-state index is 12.7. The number of likely N-dealkylation sites (N-methyl/N-ethyl adjacent to an activating group) is 1. The number of para-hydroxylation sites is 1. The number of methoxy groups -OCH3 is 1. The third-order valence-corrected chi connectivity index (χ3v) is 4.56. The first-order valence-electron chi connectivity index (χ1n) is 9.28. The molecule has 2 rings (SSSR count). The number of nitrogens with zero attached hydrogens (tertiary/aromatic N) is 1. The molecule has 28 heavy (non-hydrogen) atoms. The minimum atomic E-state index is -0.391. The molecule has 1 atom stereocenters. The Hall–Kier alpha value is -2.86. The highest BCUT2D eigenvalue weighted by atomic mass is 16.5. The predicted octanol–water partition coefficient (Wildman–Crippen LogP) is 3.76. The summed E-state index contributed by atoms with van der Waals surface area (Å²) in [6, 6.07) is 12.4. The molecule has 0 saturated heterocycles. The first kappa shape index (κ1) is 21.4. The Morgan fingerprint density at radius 3 is 2.50 bits per heavy atom. The molecule has 0 spiro atoms. The fourth-order valence-electron chi connectivity index (χ4n) is 2.85. The second-order valence-electron chi connectivity index (χ2n) is 6.60. The van der Waals surface area contributed by atoms with Gasteiger partial charge in [-0.25, -0.2) is 0 Å². The summed E-state index contributed by atoms with van der Waals surface area (Å²) in [6.45, 7) is 6.36. The Kier molecular flexibility index (Phi) is 7.58. The van der Waals surface area contributed by atoms with E-state index in [1.165, 1.54) is 6.92 Å².